The van der Waals surface area contributed by atoms with Gasteiger partial charge in [-0.1, -0.05) is 48.7 Å². The number of rotatable bonds is 3. The van der Waals surface area contributed by atoms with Crippen LogP contribution in [-0.4, -0.2) is 27.0 Å². The van der Waals surface area contributed by atoms with E-state index >= 15 is 0 Å². The predicted molar refractivity (Wildman–Crippen MR) is 121 cm³/mol. The zero-order valence-corrected chi connectivity index (χ0v) is 17.4. The molecule has 2 aromatic carbocycles. The summed E-state index contributed by atoms with van der Waals surface area (Å²) in [4.78, 5) is 22.4. The second-order valence-electron chi connectivity index (χ2n) is 8.36. The molecule has 2 aliphatic rings. The summed E-state index contributed by atoms with van der Waals surface area (Å²) in [5, 5.41) is 13.7. The van der Waals surface area contributed by atoms with E-state index in [0.717, 1.165) is 60.4 Å². The van der Waals surface area contributed by atoms with Crippen molar-refractivity contribution in [3.05, 3.63) is 63.8 Å². The van der Waals surface area contributed by atoms with Gasteiger partial charge in [-0.2, -0.15) is 0 Å². The Kier molecular flexibility index (Phi) is 5.17. The maximum absolute atomic E-state index is 13.5. The third-order valence-corrected chi connectivity index (χ3v) is 6.66. The first-order valence-corrected chi connectivity index (χ1v) is 11.0. The largest absolute Gasteiger partial charge is 0.391 e. The van der Waals surface area contributed by atoms with Gasteiger partial charge < -0.3 is 5.11 Å². The van der Waals surface area contributed by atoms with Crippen LogP contribution in [0.25, 0.3) is 21.7 Å². The Labute approximate surface area is 179 Å². The molecule has 0 bridgehead atoms. The Hall–Kier alpha value is -2.50. The summed E-state index contributed by atoms with van der Waals surface area (Å²) >= 11 is 5.97. The molecule has 1 N–H and O–H groups in total. The van der Waals surface area contributed by atoms with Crippen molar-refractivity contribution in [3.63, 3.8) is 0 Å². The highest BCUT2D eigenvalue weighted by molar-refractivity contribution is 6.29. The SMILES string of the molecule is O=c1c2cc(CC3C=NC(Cl)=CC3)c3ccccc3c2ncn1[C@H]1CCCC[C@@H]1O. The smallest absolute Gasteiger partial charge is 0.261 e. The third kappa shape index (κ3) is 3.46. The first-order valence-electron chi connectivity index (χ1n) is 10.6. The Bertz CT molecular complexity index is 1230. The summed E-state index contributed by atoms with van der Waals surface area (Å²) < 4.78 is 1.65. The Balaban J connectivity index is 1.65. The number of fused-ring (bicyclic) bond motifs is 3. The van der Waals surface area contributed by atoms with Crippen LogP contribution in [0.4, 0.5) is 0 Å². The average Bonchev–Trinajstić information content (AvgIpc) is 2.77. The number of hydrogen-bond donors (Lipinski definition) is 1. The van der Waals surface area contributed by atoms with Crippen LogP contribution in [0.3, 0.4) is 0 Å². The fourth-order valence-electron chi connectivity index (χ4n) is 4.83. The quantitative estimate of drug-likeness (QED) is 0.490. The number of hydrogen-bond acceptors (Lipinski definition) is 4. The molecule has 1 saturated carbocycles. The van der Waals surface area contributed by atoms with Gasteiger partial charge in [0.25, 0.3) is 5.56 Å². The maximum atomic E-state index is 13.5. The molecule has 1 fully saturated rings. The molecule has 6 heteroatoms. The molecule has 0 saturated heterocycles. The summed E-state index contributed by atoms with van der Waals surface area (Å²) in [5.74, 6) is 0.243. The highest BCUT2D eigenvalue weighted by Crippen LogP contribution is 2.31. The summed E-state index contributed by atoms with van der Waals surface area (Å²) in [7, 11) is 0. The van der Waals surface area contributed by atoms with Crippen LogP contribution in [0, 0.1) is 5.92 Å². The van der Waals surface area contributed by atoms with Gasteiger partial charge in [-0.25, -0.2) is 9.98 Å². The van der Waals surface area contributed by atoms with Crippen LogP contribution in [0.15, 0.2) is 57.7 Å². The predicted octanol–water partition coefficient (Wildman–Crippen LogP) is 4.74. The first-order chi connectivity index (χ1) is 14.6. The molecule has 1 aliphatic carbocycles. The van der Waals surface area contributed by atoms with Gasteiger partial charge in [-0.3, -0.25) is 9.36 Å². The highest BCUT2D eigenvalue weighted by Gasteiger charge is 2.26. The molecule has 0 radical (unpaired) electrons. The standard InChI is InChI=1S/C24H24ClN3O2/c25-22-10-9-15(13-26-22)11-16-12-19-23(18-6-2-1-5-17(16)18)27-14-28(24(19)30)20-7-3-4-8-21(20)29/h1-2,5-6,10,12-15,20-21,29H,3-4,7-9,11H2/t15?,20-,21-/m0/s1. The van der Waals surface area contributed by atoms with Crippen molar-refractivity contribution in [1.82, 2.24) is 9.55 Å². The fraction of sp³-hybridized carbons (Fsp3) is 0.375. The van der Waals surface area contributed by atoms with Crippen LogP contribution >= 0.6 is 11.6 Å². The van der Waals surface area contributed by atoms with Crippen LogP contribution in [0.1, 0.15) is 43.7 Å². The first kappa shape index (κ1) is 19.5. The number of benzene rings is 2. The van der Waals surface area contributed by atoms with E-state index in [0.29, 0.717) is 10.5 Å². The van der Waals surface area contributed by atoms with Crippen LogP contribution in [0.2, 0.25) is 0 Å². The van der Waals surface area contributed by atoms with E-state index in [9.17, 15) is 9.90 Å². The van der Waals surface area contributed by atoms with Crippen LogP contribution in [-0.2, 0) is 6.42 Å². The number of aromatic nitrogens is 2. The van der Waals surface area contributed by atoms with E-state index in [4.69, 9.17) is 11.6 Å². The van der Waals surface area contributed by atoms with Crippen LogP contribution < -0.4 is 5.56 Å². The summed E-state index contributed by atoms with van der Waals surface area (Å²) in [6.07, 6.45) is 10.1. The molecule has 5 rings (SSSR count). The topological polar surface area (TPSA) is 67.5 Å². The van der Waals surface area contributed by atoms with E-state index in [1.54, 1.807) is 10.9 Å². The summed E-state index contributed by atoms with van der Waals surface area (Å²) in [5.41, 5.74) is 1.76. The van der Waals surface area contributed by atoms with Gasteiger partial charge in [0.1, 0.15) is 5.16 Å². The minimum atomic E-state index is -0.495. The fourth-order valence-corrected chi connectivity index (χ4v) is 4.97. The van der Waals surface area contributed by atoms with Crippen LogP contribution in [0.5, 0.6) is 0 Å². The van der Waals surface area contributed by atoms with Gasteiger partial charge in [0.15, 0.2) is 0 Å². The molecule has 5 nitrogen and oxygen atoms in total. The number of halogens is 1. The molecule has 3 aromatic rings. The van der Waals surface area contributed by atoms with Gasteiger partial charge >= 0.3 is 0 Å². The van der Waals surface area contributed by atoms with Crippen molar-refractivity contribution in [3.8, 4) is 0 Å². The van der Waals surface area contributed by atoms with Crippen molar-refractivity contribution in [2.45, 2.75) is 50.7 Å². The molecule has 1 aliphatic heterocycles. The zero-order valence-electron chi connectivity index (χ0n) is 16.7. The molecule has 30 heavy (non-hydrogen) atoms. The molecule has 3 atom stereocenters. The second kappa shape index (κ2) is 7.97. The minimum Gasteiger partial charge on any atom is -0.391 e. The van der Waals surface area contributed by atoms with Crippen molar-refractivity contribution in [2.24, 2.45) is 10.9 Å². The van der Waals surface area contributed by atoms with Gasteiger partial charge in [0.2, 0.25) is 0 Å². The number of aliphatic hydroxyl groups excluding tert-OH is 1. The monoisotopic (exact) mass is 421 g/mol. The van der Waals surface area contributed by atoms with Gasteiger partial charge in [0, 0.05) is 17.5 Å². The van der Waals surface area contributed by atoms with E-state index < -0.39 is 6.10 Å². The normalized spacial score (nSPS) is 24.3. The van der Waals surface area contributed by atoms with Crippen molar-refractivity contribution < 1.29 is 5.11 Å². The number of aliphatic hydroxyl groups is 1. The van der Waals surface area contributed by atoms with E-state index in [1.165, 1.54) is 0 Å². The Morgan fingerprint density at radius 1 is 1.13 bits per heavy atom. The lowest BCUT2D eigenvalue weighted by molar-refractivity contribution is 0.0735. The Morgan fingerprint density at radius 3 is 2.70 bits per heavy atom. The molecular weight excluding hydrogens is 398 g/mol. The second-order valence-corrected chi connectivity index (χ2v) is 8.75. The minimum absolute atomic E-state index is 0.0711. The third-order valence-electron chi connectivity index (χ3n) is 6.41. The number of nitrogens with zero attached hydrogens (tertiary/aromatic N) is 3. The Morgan fingerprint density at radius 2 is 1.93 bits per heavy atom. The summed E-state index contributed by atoms with van der Waals surface area (Å²) in [6, 6.07) is 9.91. The summed E-state index contributed by atoms with van der Waals surface area (Å²) in [6.45, 7) is 0. The van der Waals surface area contributed by atoms with E-state index in [2.05, 4.69) is 16.0 Å². The maximum Gasteiger partial charge on any atom is 0.261 e. The van der Waals surface area contributed by atoms with Crippen molar-refractivity contribution in [1.29, 1.82) is 0 Å². The molecule has 0 amide bonds. The average molecular weight is 422 g/mol. The van der Waals surface area contributed by atoms with E-state index in [1.807, 2.05) is 36.6 Å². The molecule has 1 aromatic heterocycles. The lowest BCUT2D eigenvalue weighted by Crippen LogP contribution is -2.34. The number of aliphatic imine (C=N–C) groups is 1. The number of allylic oxidation sites excluding steroid dienone is 1. The van der Waals surface area contributed by atoms with Gasteiger partial charge in [0.05, 0.1) is 29.4 Å². The van der Waals surface area contributed by atoms with Gasteiger partial charge in [-0.15, -0.1) is 0 Å². The molecule has 2 heterocycles. The van der Waals surface area contributed by atoms with Gasteiger partial charge in [-0.05, 0) is 48.8 Å². The zero-order chi connectivity index (χ0) is 20.7. The van der Waals surface area contributed by atoms with E-state index in [-0.39, 0.29) is 17.5 Å². The molecule has 0 spiro atoms. The lowest BCUT2D eigenvalue weighted by atomic mass is 9.91. The lowest BCUT2D eigenvalue weighted by Gasteiger charge is -2.29. The molecule has 1 unspecified atom stereocenters. The van der Waals surface area contributed by atoms with Crippen molar-refractivity contribution >= 4 is 39.5 Å². The molecule has 154 valence electrons. The highest BCUT2D eigenvalue weighted by atomic mass is 35.5. The molecular formula is C24H24ClN3O2. The van der Waals surface area contributed by atoms with Crippen molar-refractivity contribution in [2.75, 3.05) is 0 Å².